The van der Waals surface area contributed by atoms with Crippen LogP contribution in [0.4, 0.5) is 0 Å². The van der Waals surface area contributed by atoms with E-state index in [4.69, 9.17) is 9.47 Å². The number of carbonyl (C=O) groups is 1. The molecule has 2 heterocycles. The standard InChI is InChI=1S/C22H33BrN2O3/c1-17-14-24(15-18(2)28-17)16-19-9-11-25(12-10-19)22(26)8-5-13-27-21-7-4-3-6-20(21)23/h3-4,6-7,17-19H,5,8-16H2,1-2H3. The van der Waals surface area contributed by atoms with Gasteiger partial charge in [0.1, 0.15) is 5.75 Å². The number of nitrogens with zero attached hydrogens (tertiary/aromatic N) is 2. The lowest BCUT2D eigenvalue weighted by molar-refractivity contribution is -0.133. The second kappa shape index (κ2) is 10.6. The van der Waals surface area contributed by atoms with E-state index in [9.17, 15) is 4.79 Å². The number of morpholine rings is 1. The molecule has 0 aliphatic carbocycles. The Bertz CT molecular complexity index is 624. The molecular formula is C22H33BrN2O3. The molecule has 0 aromatic heterocycles. The molecule has 0 bridgehead atoms. The van der Waals surface area contributed by atoms with Crippen molar-refractivity contribution in [3.63, 3.8) is 0 Å². The maximum atomic E-state index is 12.5. The van der Waals surface area contributed by atoms with E-state index in [1.54, 1.807) is 0 Å². The Kier molecular flexibility index (Phi) is 8.18. The van der Waals surface area contributed by atoms with Crippen molar-refractivity contribution in [3.05, 3.63) is 28.7 Å². The van der Waals surface area contributed by atoms with Gasteiger partial charge < -0.3 is 14.4 Å². The summed E-state index contributed by atoms with van der Waals surface area (Å²) in [4.78, 5) is 17.1. The minimum absolute atomic E-state index is 0.266. The van der Waals surface area contributed by atoms with Gasteiger partial charge in [0.2, 0.25) is 5.91 Å². The molecule has 2 aliphatic rings. The second-order valence-corrected chi connectivity index (χ2v) is 9.04. The molecule has 6 heteroatoms. The summed E-state index contributed by atoms with van der Waals surface area (Å²) in [7, 11) is 0. The summed E-state index contributed by atoms with van der Waals surface area (Å²) in [6.45, 7) is 9.86. The van der Waals surface area contributed by atoms with Gasteiger partial charge in [0.15, 0.2) is 0 Å². The quantitative estimate of drug-likeness (QED) is 0.587. The van der Waals surface area contributed by atoms with Crippen molar-refractivity contribution in [1.82, 2.24) is 9.80 Å². The van der Waals surface area contributed by atoms with Crippen molar-refractivity contribution in [3.8, 4) is 5.75 Å². The summed E-state index contributed by atoms with van der Waals surface area (Å²) in [6, 6.07) is 7.81. The van der Waals surface area contributed by atoms with Gasteiger partial charge in [-0.1, -0.05) is 12.1 Å². The fourth-order valence-electron chi connectivity index (χ4n) is 4.29. The first-order valence-electron chi connectivity index (χ1n) is 10.5. The molecule has 1 aromatic rings. The molecule has 0 saturated carbocycles. The van der Waals surface area contributed by atoms with Gasteiger partial charge in [0.05, 0.1) is 23.3 Å². The van der Waals surface area contributed by atoms with Crippen molar-refractivity contribution >= 4 is 21.8 Å². The number of hydrogen-bond acceptors (Lipinski definition) is 4. The number of halogens is 1. The van der Waals surface area contributed by atoms with Crippen LogP contribution in [0.5, 0.6) is 5.75 Å². The number of carbonyl (C=O) groups excluding carboxylic acids is 1. The van der Waals surface area contributed by atoms with Gasteiger partial charge >= 0.3 is 0 Å². The highest BCUT2D eigenvalue weighted by atomic mass is 79.9. The van der Waals surface area contributed by atoms with Crippen molar-refractivity contribution < 1.29 is 14.3 Å². The first-order valence-corrected chi connectivity index (χ1v) is 11.3. The molecule has 3 rings (SSSR count). The number of amides is 1. The summed E-state index contributed by atoms with van der Waals surface area (Å²) in [5.74, 6) is 1.80. The largest absolute Gasteiger partial charge is 0.492 e. The molecule has 2 unspecified atom stereocenters. The molecule has 0 radical (unpaired) electrons. The molecule has 1 aromatic carbocycles. The molecule has 2 saturated heterocycles. The Hall–Kier alpha value is -1.11. The van der Waals surface area contributed by atoms with E-state index in [1.165, 1.54) is 0 Å². The van der Waals surface area contributed by atoms with Gasteiger partial charge in [-0.2, -0.15) is 0 Å². The van der Waals surface area contributed by atoms with E-state index in [-0.39, 0.29) is 5.91 Å². The zero-order chi connectivity index (χ0) is 19.9. The lowest BCUT2D eigenvalue weighted by Crippen LogP contribution is -2.48. The van der Waals surface area contributed by atoms with E-state index < -0.39 is 0 Å². The van der Waals surface area contributed by atoms with E-state index in [0.717, 1.165) is 62.2 Å². The second-order valence-electron chi connectivity index (χ2n) is 8.18. The number of piperidine rings is 1. The number of benzene rings is 1. The van der Waals surface area contributed by atoms with E-state index in [2.05, 4.69) is 34.7 Å². The number of para-hydroxylation sites is 1. The lowest BCUT2D eigenvalue weighted by Gasteiger charge is -2.39. The lowest BCUT2D eigenvalue weighted by atomic mass is 9.95. The Labute approximate surface area is 177 Å². The average molecular weight is 453 g/mol. The Morgan fingerprint density at radius 2 is 1.86 bits per heavy atom. The smallest absolute Gasteiger partial charge is 0.222 e. The first-order chi connectivity index (χ1) is 13.5. The predicted molar refractivity (Wildman–Crippen MR) is 115 cm³/mol. The van der Waals surface area contributed by atoms with Crippen LogP contribution in [0, 0.1) is 5.92 Å². The van der Waals surface area contributed by atoms with Crippen molar-refractivity contribution in [2.75, 3.05) is 39.3 Å². The van der Waals surface area contributed by atoms with Crippen LogP contribution in [0.2, 0.25) is 0 Å². The first kappa shape index (κ1) is 21.6. The van der Waals surface area contributed by atoms with Crippen LogP contribution < -0.4 is 4.74 Å². The van der Waals surface area contributed by atoms with Crippen LogP contribution in [0.25, 0.3) is 0 Å². The molecular weight excluding hydrogens is 420 g/mol. The van der Waals surface area contributed by atoms with Gasteiger partial charge in [-0.05, 0) is 67.1 Å². The molecule has 28 heavy (non-hydrogen) atoms. The van der Waals surface area contributed by atoms with Crippen LogP contribution in [0.15, 0.2) is 28.7 Å². The number of ether oxygens (including phenoxy) is 2. The third-order valence-electron chi connectivity index (χ3n) is 5.61. The van der Waals surface area contributed by atoms with Crippen molar-refractivity contribution in [1.29, 1.82) is 0 Å². The predicted octanol–water partition coefficient (Wildman–Crippen LogP) is 3.96. The molecule has 5 nitrogen and oxygen atoms in total. The van der Waals surface area contributed by atoms with Crippen LogP contribution in [0.3, 0.4) is 0 Å². The minimum Gasteiger partial charge on any atom is -0.492 e. The summed E-state index contributed by atoms with van der Waals surface area (Å²) < 4.78 is 12.5. The van der Waals surface area contributed by atoms with Gasteiger partial charge in [0, 0.05) is 39.1 Å². The zero-order valence-corrected chi connectivity index (χ0v) is 18.7. The Balaban J connectivity index is 1.32. The van der Waals surface area contributed by atoms with Crippen molar-refractivity contribution in [2.45, 2.75) is 51.7 Å². The van der Waals surface area contributed by atoms with E-state index >= 15 is 0 Å². The Morgan fingerprint density at radius 1 is 1.18 bits per heavy atom. The molecule has 2 fully saturated rings. The van der Waals surface area contributed by atoms with Gasteiger partial charge in [0.25, 0.3) is 0 Å². The van der Waals surface area contributed by atoms with Gasteiger partial charge in [-0.15, -0.1) is 0 Å². The Morgan fingerprint density at radius 3 is 2.54 bits per heavy atom. The fraction of sp³-hybridized carbons (Fsp3) is 0.682. The van der Waals surface area contributed by atoms with Crippen LogP contribution in [-0.4, -0.2) is 67.2 Å². The number of rotatable bonds is 7. The van der Waals surface area contributed by atoms with Gasteiger partial charge in [-0.3, -0.25) is 9.69 Å². The monoisotopic (exact) mass is 452 g/mol. The topological polar surface area (TPSA) is 42.0 Å². The maximum absolute atomic E-state index is 12.5. The SMILES string of the molecule is CC1CN(CC2CCN(C(=O)CCCOc3ccccc3Br)CC2)CC(C)O1. The third kappa shape index (κ3) is 6.46. The summed E-state index contributed by atoms with van der Waals surface area (Å²) in [6.07, 6.45) is 4.18. The molecule has 1 amide bonds. The zero-order valence-electron chi connectivity index (χ0n) is 17.1. The molecule has 0 spiro atoms. The maximum Gasteiger partial charge on any atom is 0.222 e. The van der Waals surface area contributed by atoms with Crippen LogP contribution in [-0.2, 0) is 9.53 Å². The summed E-state index contributed by atoms with van der Waals surface area (Å²) in [5.41, 5.74) is 0. The average Bonchev–Trinajstić information content (AvgIpc) is 2.66. The third-order valence-corrected chi connectivity index (χ3v) is 6.26. The molecule has 156 valence electrons. The van der Waals surface area contributed by atoms with E-state index in [0.29, 0.717) is 31.2 Å². The minimum atomic E-state index is 0.266. The highest BCUT2D eigenvalue weighted by Gasteiger charge is 2.27. The highest BCUT2D eigenvalue weighted by molar-refractivity contribution is 9.10. The van der Waals surface area contributed by atoms with E-state index in [1.807, 2.05) is 29.2 Å². The molecule has 2 aliphatic heterocycles. The number of hydrogen-bond donors (Lipinski definition) is 0. The summed E-state index contributed by atoms with van der Waals surface area (Å²) >= 11 is 3.48. The van der Waals surface area contributed by atoms with Crippen LogP contribution >= 0.6 is 15.9 Å². The highest BCUT2D eigenvalue weighted by Crippen LogP contribution is 2.24. The fourth-order valence-corrected chi connectivity index (χ4v) is 4.69. The van der Waals surface area contributed by atoms with Crippen molar-refractivity contribution in [2.24, 2.45) is 5.92 Å². The number of likely N-dealkylation sites (tertiary alicyclic amines) is 1. The van der Waals surface area contributed by atoms with Gasteiger partial charge in [-0.25, -0.2) is 0 Å². The normalized spacial score (nSPS) is 24.3. The van der Waals surface area contributed by atoms with Crippen LogP contribution in [0.1, 0.15) is 39.5 Å². The summed E-state index contributed by atoms with van der Waals surface area (Å²) in [5, 5.41) is 0. The molecule has 0 N–H and O–H groups in total. The molecule has 2 atom stereocenters.